The lowest BCUT2D eigenvalue weighted by Crippen LogP contribution is -2.01. The van der Waals surface area contributed by atoms with Crippen LogP contribution in [-0.4, -0.2) is 19.1 Å². The van der Waals surface area contributed by atoms with Gasteiger partial charge < -0.3 is 0 Å². The van der Waals surface area contributed by atoms with Crippen molar-refractivity contribution in [1.29, 1.82) is 0 Å². The molecule has 11 aromatic rings. The van der Waals surface area contributed by atoms with E-state index in [4.69, 9.17) is 9.97 Å². The highest BCUT2D eigenvalue weighted by Crippen LogP contribution is 2.48. The van der Waals surface area contributed by atoms with Crippen LogP contribution < -0.4 is 0 Å². The number of rotatable bonds is 3. The predicted octanol–water partition coefficient (Wildman–Crippen LogP) is 13.3. The lowest BCUT2D eigenvalue weighted by Gasteiger charge is -2.23. The molecule has 4 heteroatoms. The summed E-state index contributed by atoms with van der Waals surface area (Å²) >= 11 is 0. The maximum atomic E-state index is 4.98. The van der Waals surface area contributed by atoms with Gasteiger partial charge in [0.1, 0.15) is 11.3 Å². The molecular weight excluding hydrogens is 681 g/mol. The summed E-state index contributed by atoms with van der Waals surface area (Å²) in [5.74, 6) is 0. The van der Waals surface area contributed by atoms with Crippen LogP contribution in [0, 0.1) is 0 Å². The van der Waals surface area contributed by atoms with Gasteiger partial charge in [-0.2, -0.15) is 0 Å². The minimum Gasteiger partial charge on any atom is -0.294 e. The van der Waals surface area contributed by atoms with Gasteiger partial charge in [-0.3, -0.25) is 9.13 Å². The molecule has 0 radical (unpaired) electrons. The van der Waals surface area contributed by atoms with Gasteiger partial charge in [-0.25, -0.2) is 9.97 Å². The number of fused-ring (bicyclic) bond motifs is 14. The van der Waals surface area contributed by atoms with Crippen LogP contribution in [0.25, 0.3) is 111 Å². The van der Waals surface area contributed by atoms with Gasteiger partial charge in [-0.05, 0) is 116 Å². The zero-order valence-electron chi connectivity index (χ0n) is 30.3. The molecular formula is C52H32N4. The molecule has 1 aliphatic rings. The van der Waals surface area contributed by atoms with E-state index < -0.39 is 0 Å². The molecule has 260 valence electrons. The van der Waals surface area contributed by atoms with Gasteiger partial charge in [0.15, 0.2) is 0 Å². The van der Waals surface area contributed by atoms with Crippen molar-refractivity contribution >= 4 is 43.9 Å². The van der Waals surface area contributed by atoms with Gasteiger partial charge in [0.05, 0.1) is 22.4 Å². The van der Waals surface area contributed by atoms with Crippen LogP contribution in [0.1, 0.15) is 0 Å². The molecule has 0 atom stereocenters. The topological polar surface area (TPSA) is 35.6 Å². The number of benzene rings is 7. The molecule has 1 aliphatic carbocycles. The van der Waals surface area contributed by atoms with E-state index in [-0.39, 0.29) is 0 Å². The Morgan fingerprint density at radius 3 is 1.16 bits per heavy atom. The molecule has 0 saturated carbocycles. The number of pyridine rings is 2. The van der Waals surface area contributed by atoms with Gasteiger partial charge in [0, 0.05) is 33.9 Å². The summed E-state index contributed by atoms with van der Waals surface area (Å²) in [5.41, 5.74) is 18.3. The zero-order chi connectivity index (χ0) is 36.7. The van der Waals surface area contributed by atoms with E-state index in [1.807, 2.05) is 24.5 Å². The summed E-state index contributed by atoms with van der Waals surface area (Å²) in [4.78, 5) is 9.95. The van der Waals surface area contributed by atoms with Crippen LogP contribution in [0.4, 0.5) is 0 Å². The molecule has 12 rings (SSSR count). The summed E-state index contributed by atoms with van der Waals surface area (Å²) in [7, 11) is 0. The predicted molar refractivity (Wildman–Crippen MR) is 231 cm³/mol. The Labute approximate surface area is 323 Å². The van der Waals surface area contributed by atoms with Crippen molar-refractivity contribution in [2.45, 2.75) is 0 Å². The molecule has 56 heavy (non-hydrogen) atoms. The van der Waals surface area contributed by atoms with Gasteiger partial charge in [0.2, 0.25) is 0 Å². The second-order valence-corrected chi connectivity index (χ2v) is 14.6. The van der Waals surface area contributed by atoms with E-state index in [0.717, 1.165) is 55.6 Å². The zero-order valence-corrected chi connectivity index (χ0v) is 30.3. The molecule has 0 N–H and O–H groups in total. The highest BCUT2D eigenvalue weighted by molar-refractivity contribution is 6.10. The molecule has 0 bridgehead atoms. The quantitative estimate of drug-likeness (QED) is 0.183. The lowest BCUT2D eigenvalue weighted by atomic mass is 9.80. The maximum Gasteiger partial charge on any atom is 0.145 e. The molecule has 0 saturated heterocycles. The van der Waals surface area contributed by atoms with Gasteiger partial charge in [0.25, 0.3) is 0 Å². The third-order valence-corrected chi connectivity index (χ3v) is 11.6. The monoisotopic (exact) mass is 712 g/mol. The van der Waals surface area contributed by atoms with E-state index in [2.05, 4.69) is 179 Å². The van der Waals surface area contributed by atoms with Crippen molar-refractivity contribution in [2.75, 3.05) is 0 Å². The summed E-state index contributed by atoms with van der Waals surface area (Å²) in [5, 5.41) is 4.62. The summed E-state index contributed by atoms with van der Waals surface area (Å²) < 4.78 is 4.63. The first kappa shape index (κ1) is 30.9. The van der Waals surface area contributed by atoms with E-state index in [0.29, 0.717) is 0 Å². The average molecular weight is 713 g/mol. The molecule has 4 heterocycles. The SMILES string of the molecule is c1ccc2c(c1)-c1ccccc1-c1ccc(-c3cc(-n4c5ccccc5c5cccnc54)cc(-n4c5ccccc5c5cccnc54)c3)cc1-c1ccccc1-2. The van der Waals surface area contributed by atoms with Crippen LogP contribution in [0.15, 0.2) is 194 Å². The fraction of sp³-hybridized carbons (Fsp3) is 0. The standard InChI is InChI=1S/C52H32N4/c1-2-14-38-37(13-1)39-15-3-4-17-41(39)43-26-25-33(31-48(43)42-18-6-5-16-40(38)42)34-29-35(55-49-23-9-7-19-44(49)46-21-11-27-53-51(46)55)32-36(30-34)56-50-24-10-8-20-45(50)47-22-12-28-54-52(47)56/h1-32H. The fourth-order valence-corrected chi connectivity index (χ4v) is 9.17. The normalized spacial score (nSPS) is 11.9. The Hall–Kier alpha value is -7.56. The molecule has 4 nitrogen and oxygen atoms in total. The number of aromatic nitrogens is 4. The van der Waals surface area contributed by atoms with Crippen LogP contribution in [0.2, 0.25) is 0 Å². The molecule has 0 aliphatic heterocycles. The van der Waals surface area contributed by atoms with Crippen molar-refractivity contribution in [3.63, 3.8) is 0 Å². The van der Waals surface area contributed by atoms with E-state index in [1.165, 1.54) is 55.3 Å². The largest absolute Gasteiger partial charge is 0.294 e. The van der Waals surface area contributed by atoms with E-state index in [1.54, 1.807) is 0 Å². The second kappa shape index (κ2) is 12.0. The van der Waals surface area contributed by atoms with Crippen LogP contribution in [-0.2, 0) is 0 Å². The van der Waals surface area contributed by atoms with E-state index in [9.17, 15) is 0 Å². The molecule has 0 spiro atoms. The van der Waals surface area contributed by atoms with E-state index >= 15 is 0 Å². The Morgan fingerprint density at radius 1 is 0.286 bits per heavy atom. The highest BCUT2D eigenvalue weighted by Gasteiger charge is 2.23. The molecule has 0 unspecified atom stereocenters. The van der Waals surface area contributed by atoms with Crippen LogP contribution in [0.3, 0.4) is 0 Å². The number of nitrogens with zero attached hydrogens (tertiary/aromatic N) is 4. The minimum absolute atomic E-state index is 0.930. The molecule has 4 aromatic heterocycles. The molecule has 7 aromatic carbocycles. The first-order valence-corrected chi connectivity index (χ1v) is 19.1. The smallest absolute Gasteiger partial charge is 0.145 e. The Bertz CT molecular complexity index is 3140. The van der Waals surface area contributed by atoms with Crippen molar-refractivity contribution in [3.8, 4) is 67.0 Å². The summed E-state index contributed by atoms with van der Waals surface area (Å²) in [6.07, 6.45) is 3.78. The summed E-state index contributed by atoms with van der Waals surface area (Å²) in [6, 6.07) is 66.1. The fourth-order valence-electron chi connectivity index (χ4n) is 9.17. The van der Waals surface area contributed by atoms with Crippen LogP contribution in [0.5, 0.6) is 0 Å². The minimum atomic E-state index is 0.930. The highest BCUT2D eigenvalue weighted by atomic mass is 15.1. The van der Waals surface area contributed by atoms with Crippen molar-refractivity contribution in [2.24, 2.45) is 0 Å². The Morgan fingerprint density at radius 2 is 0.679 bits per heavy atom. The number of hydrogen-bond donors (Lipinski definition) is 0. The Kier molecular flexibility index (Phi) is 6.60. The number of hydrogen-bond acceptors (Lipinski definition) is 2. The van der Waals surface area contributed by atoms with Gasteiger partial charge in [-0.1, -0.05) is 121 Å². The third-order valence-electron chi connectivity index (χ3n) is 11.6. The first-order chi connectivity index (χ1) is 27.8. The number of para-hydroxylation sites is 2. The van der Waals surface area contributed by atoms with Gasteiger partial charge in [-0.15, -0.1) is 0 Å². The van der Waals surface area contributed by atoms with Crippen LogP contribution >= 0.6 is 0 Å². The maximum absolute atomic E-state index is 4.98. The third kappa shape index (κ3) is 4.47. The second-order valence-electron chi connectivity index (χ2n) is 14.6. The molecule has 0 fully saturated rings. The molecule has 0 amide bonds. The van der Waals surface area contributed by atoms with Crippen molar-refractivity contribution < 1.29 is 0 Å². The average Bonchev–Trinajstić information content (AvgIpc) is 3.79. The first-order valence-electron chi connectivity index (χ1n) is 19.1. The van der Waals surface area contributed by atoms with Crippen molar-refractivity contribution in [1.82, 2.24) is 19.1 Å². The Balaban J connectivity index is 1.17. The summed E-state index contributed by atoms with van der Waals surface area (Å²) in [6.45, 7) is 0. The van der Waals surface area contributed by atoms with Crippen molar-refractivity contribution in [3.05, 3.63) is 194 Å². The van der Waals surface area contributed by atoms with Gasteiger partial charge >= 0.3 is 0 Å². The lowest BCUT2D eigenvalue weighted by molar-refractivity contribution is 1.10.